The molecule has 0 aromatic heterocycles. The molecule has 1 saturated heterocycles. The maximum absolute atomic E-state index is 12.6. The van der Waals surface area contributed by atoms with Crippen LogP contribution in [0.4, 0.5) is 4.79 Å². The van der Waals surface area contributed by atoms with Crippen LogP contribution in [0.1, 0.15) is 31.9 Å². The Kier molecular flexibility index (Phi) is 3.76. The van der Waals surface area contributed by atoms with E-state index in [4.69, 9.17) is 14.8 Å². The van der Waals surface area contributed by atoms with Gasteiger partial charge in [0.05, 0.1) is 29.8 Å². The lowest BCUT2D eigenvalue weighted by Gasteiger charge is -2.19. The number of carbonyl (C=O) groups excluding carboxylic acids is 2. The highest BCUT2D eigenvalue weighted by atomic mass is 16.7. The Morgan fingerprint density at radius 1 is 1.38 bits per heavy atom. The van der Waals surface area contributed by atoms with Gasteiger partial charge < -0.3 is 9.57 Å². The quantitative estimate of drug-likeness (QED) is 0.829. The van der Waals surface area contributed by atoms with E-state index in [2.05, 4.69) is 5.16 Å². The number of nitrogens with zero attached hydrogens (tertiary/aromatic N) is 3. The molecule has 2 aliphatic rings. The molecule has 0 radical (unpaired) electrons. The van der Waals surface area contributed by atoms with E-state index in [1.165, 1.54) is 0 Å². The van der Waals surface area contributed by atoms with Crippen LogP contribution in [-0.4, -0.2) is 40.9 Å². The Hall–Kier alpha value is -2.88. The number of benzene rings is 1. The summed E-state index contributed by atoms with van der Waals surface area (Å²) in [6, 6.07) is 8.93. The first kappa shape index (κ1) is 16.0. The maximum atomic E-state index is 12.6. The minimum Gasteiger partial charge on any atom is -0.441 e. The molecule has 0 unspecified atom stereocenters. The van der Waals surface area contributed by atoms with E-state index in [1.54, 1.807) is 38.1 Å². The monoisotopic (exact) mass is 327 g/mol. The van der Waals surface area contributed by atoms with Gasteiger partial charge in [-0.3, -0.25) is 4.79 Å². The molecule has 2 amide bonds. The lowest BCUT2D eigenvalue weighted by atomic mass is 9.93. The fourth-order valence-corrected chi connectivity index (χ4v) is 2.81. The van der Waals surface area contributed by atoms with E-state index in [0.717, 1.165) is 10.5 Å². The van der Waals surface area contributed by atoms with Gasteiger partial charge in [-0.15, -0.1) is 0 Å². The second-order valence-corrected chi connectivity index (χ2v) is 6.53. The number of amides is 2. The van der Waals surface area contributed by atoms with Crippen LogP contribution in [0, 0.1) is 17.2 Å². The fraction of sp³-hybridized carbons (Fsp3) is 0.412. The highest BCUT2D eigenvalue weighted by Gasteiger charge is 2.47. The third kappa shape index (κ3) is 2.71. The molecule has 7 heteroatoms. The van der Waals surface area contributed by atoms with E-state index in [0.29, 0.717) is 11.3 Å². The Morgan fingerprint density at radius 3 is 2.58 bits per heavy atom. The van der Waals surface area contributed by atoms with E-state index in [1.807, 2.05) is 13.0 Å². The van der Waals surface area contributed by atoms with Gasteiger partial charge in [-0.2, -0.15) is 5.26 Å². The third-order valence-corrected chi connectivity index (χ3v) is 4.09. The summed E-state index contributed by atoms with van der Waals surface area (Å²) in [6.45, 7) is 5.49. The summed E-state index contributed by atoms with van der Waals surface area (Å²) in [5, 5.41) is 12.9. The third-order valence-electron chi connectivity index (χ3n) is 4.09. The van der Waals surface area contributed by atoms with Crippen molar-refractivity contribution in [3.8, 4) is 6.07 Å². The molecule has 0 N–H and O–H groups in total. The normalized spacial score (nSPS) is 24.8. The number of rotatable bonds is 2. The van der Waals surface area contributed by atoms with Gasteiger partial charge in [0.25, 0.3) is 5.91 Å². The summed E-state index contributed by atoms with van der Waals surface area (Å²) in [7, 11) is 0. The van der Waals surface area contributed by atoms with Crippen LogP contribution < -0.4 is 0 Å². The first-order chi connectivity index (χ1) is 11.3. The Bertz CT molecular complexity index is 761. The number of cyclic esters (lactones) is 1. The Labute approximate surface area is 139 Å². The predicted molar refractivity (Wildman–Crippen MR) is 84.0 cm³/mol. The van der Waals surface area contributed by atoms with Crippen molar-refractivity contribution in [2.45, 2.75) is 32.5 Å². The van der Waals surface area contributed by atoms with Crippen molar-refractivity contribution < 1.29 is 19.2 Å². The van der Waals surface area contributed by atoms with Gasteiger partial charge in [-0.1, -0.05) is 24.2 Å². The van der Waals surface area contributed by atoms with Gasteiger partial charge >= 0.3 is 6.09 Å². The summed E-state index contributed by atoms with van der Waals surface area (Å²) in [5.41, 5.74) is 1.23. The molecule has 0 aliphatic carbocycles. The zero-order valence-corrected chi connectivity index (χ0v) is 13.6. The van der Waals surface area contributed by atoms with E-state index in [-0.39, 0.29) is 12.5 Å². The lowest BCUT2D eigenvalue weighted by Crippen LogP contribution is -2.44. The van der Waals surface area contributed by atoms with Gasteiger partial charge in [-0.25, -0.2) is 9.69 Å². The highest BCUT2D eigenvalue weighted by Crippen LogP contribution is 2.28. The van der Waals surface area contributed by atoms with Gasteiger partial charge in [-0.05, 0) is 31.5 Å². The molecule has 124 valence electrons. The summed E-state index contributed by atoms with van der Waals surface area (Å²) < 4.78 is 5.16. The van der Waals surface area contributed by atoms with Crippen LogP contribution in [0.15, 0.2) is 29.4 Å². The summed E-state index contributed by atoms with van der Waals surface area (Å²) in [6.07, 6.45) is -1.52. The molecule has 0 saturated carbocycles. The molecule has 1 fully saturated rings. The predicted octanol–water partition coefficient (Wildman–Crippen LogP) is 2.05. The van der Waals surface area contributed by atoms with Gasteiger partial charge in [0.2, 0.25) is 6.10 Å². The topological polar surface area (TPSA) is 92.0 Å². The second-order valence-electron chi connectivity index (χ2n) is 6.53. The van der Waals surface area contributed by atoms with Crippen molar-refractivity contribution in [1.29, 1.82) is 5.26 Å². The van der Waals surface area contributed by atoms with Crippen LogP contribution >= 0.6 is 0 Å². The van der Waals surface area contributed by atoms with E-state index < -0.39 is 23.7 Å². The lowest BCUT2D eigenvalue weighted by molar-refractivity contribution is -0.140. The summed E-state index contributed by atoms with van der Waals surface area (Å²) >= 11 is 0. The molecular formula is C17H17N3O4. The van der Waals surface area contributed by atoms with Crippen molar-refractivity contribution >= 4 is 17.7 Å². The standard InChI is InChI=1S/C17H17N3O4/c1-10-13(12-6-4-11(8-18)5-7-12)19-24-14(10)15(21)20-9-17(2,3)23-16(20)22/h4-7,10,14H,9H2,1-3H3/t10-,14-/m0/s1. The van der Waals surface area contributed by atoms with Crippen molar-refractivity contribution in [2.75, 3.05) is 6.54 Å². The number of oxime groups is 1. The summed E-state index contributed by atoms with van der Waals surface area (Å²) in [4.78, 5) is 30.9. The van der Waals surface area contributed by atoms with E-state index in [9.17, 15) is 9.59 Å². The zero-order chi connectivity index (χ0) is 17.5. The van der Waals surface area contributed by atoms with Gasteiger partial charge in [0.1, 0.15) is 5.60 Å². The number of nitriles is 1. The molecule has 24 heavy (non-hydrogen) atoms. The molecule has 2 atom stereocenters. The Balaban J connectivity index is 1.75. The largest absolute Gasteiger partial charge is 0.441 e. The van der Waals surface area contributed by atoms with Crippen LogP contribution in [0.3, 0.4) is 0 Å². The maximum Gasteiger partial charge on any atom is 0.417 e. The average Bonchev–Trinajstić information content (AvgIpc) is 3.06. The first-order valence-corrected chi connectivity index (χ1v) is 7.61. The minimum atomic E-state index is -0.864. The van der Waals surface area contributed by atoms with E-state index >= 15 is 0 Å². The molecule has 3 rings (SSSR count). The molecule has 1 aromatic carbocycles. The van der Waals surface area contributed by atoms with Crippen LogP contribution in [0.25, 0.3) is 0 Å². The van der Waals surface area contributed by atoms with Crippen LogP contribution in [0.5, 0.6) is 0 Å². The average molecular weight is 327 g/mol. The highest BCUT2D eigenvalue weighted by molar-refractivity contribution is 6.07. The molecule has 7 nitrogen and oxygen atoms in total. The van der Waals surface area contributed by atoms with Crippen molar-refractivity contribution in [1.82, 2.24) is 4.90 Å². The number of hydrogen-bond acceptors (Lipinski definition) is 6. The van der Waals surface area contributed by atoms with Crippen molar-refractivity contribution in [2.24, 2.45) is 11.1 Å². The molecule has 2 heterocycles. The number of imide groups is 1. The van der Waals surface area contributed by atoms with Crippen molar-refractivity contribution in [3.05, 3.63) is 35.4 Å². The van der Waals surface area contributed by atoms with Crippen molar-refractivity contribution in [3.63, 3.8) is 0 Å². The van der Waals surface area contributed by atoms with Gasteiger partial charge in [0.15, 0.2) is 0 Å². The number of carbonyl (C=O) groups is 2. The number of ether oxygens (including phenoxy) is 1. The summed E-state index contributed by atoms with van der Waals surface area (Å²) in [5.74, 6) is -0.771. The number of hydrogen-bond donors (Lipinski definition) is 0. The smallest absolute Gasteiger partial charge is 0.417 e. The Morgan fingerprint density at radius 2 is 2.04 bits per heavy atom. The molecule has 1 aromatic rings. The molecular weight excluding hydrogens is 310 g/mol. The second kappa shape index (κ2) is 5.64. The fourth-order valence-electron chi connectivity index (χ4n) is 2.81. The first-order valence-electron chi connectivity index (χ1n) is 7.61. The van der Waals surface area contributed by atoms with Crippen LogP contribution in [0.2, 0.25) is 0 Å². The molecule has 0 spiro atoms. The zero-order valence-electron chi connectivity index (χ0n) is 13.6. The van der Waals surface area contributed by atoms with Crippen LogP contribution in [-0.2, 0) is 14.4 Å². The minimum absolute atomic E-state index is 0.184. The SMILES string of the molecule is C[C@H]1C(c2ccc(C#N)cc2)=NO[C@@H]1C(=O)N1CC(C)(C)OC1=O. The molecule has 2 aliphatic heterocycles. The van der Waals surface area contributed by atoms with Gasteiger partial charge in [0, 0.05) is 0 Å². The molecule has 0 bridgehead atoms.